The number of para-hydroxylation sites is 1. The molecule has 4 aromatic rings. The Morgan fingerprint density at radius 2 is 1.65 bits per heavy atom. The van der Waals surface area contributed by atoms with Crippen LogP contribution in [0, 0.1) is 0 Å². The Morgan fingerprint density at radius 3 is 2.13 bits per heavy atom. The van der Waals surface area contributed by atoms with Gasteiger partial charge in [-0.1, -0.05) is 17.8 Å². The summed E-state index contributed by atoms with van der Waals surface area (Å²) in [6.07, 6.45) is 0. The molecule has 1 aromatic heterocycles. The topological polar surface area (TPSA) is 16.1 Å². The van der Waals surface area contributed by atoms with Crippen LogP contribution in [0.1, 0.15) is 0 Å². The number of hydrogen-bond donors (Lipinski definition) is 0. The molecule has 0 saturated carbocycles. The van der Waals surface area contributed by atoms with Crippen molar-refractivity contribution in [2.24, 2.45) is 0 Å². The molecule has 0 fully saturated rings. The van der Waals surface area contributed by atoms with Crippen LogP contribution >= 0.6 is 11.3 Å². The average molecular weight is 364 g/mol. The van der Waals surface area contributed by atoms with Gasteiger partial charge in [0.05, 0.1) is 15.7 Å². The van der Waals surface area contributed by atoms with Gasteiger partial charge >= 0.3 is 17.1 Å². The van der Waals surface area contributed by atoms with Crippen LogP contribution in [0.3, 0.4) is 0 Å². The molecule has 0 saturated heterocycles. The third kappa shape index (κ3) is 6.83. The van der Waals surface area contributed by atoms with Gasteiger partial charge in [0.15, 0.2) is 0 Å². The van der Waals surface area contributed by atoms with Crippen LogP contribution < -0.4 is 4.90 Å². The van der Waals surface area contributed by atoms with Crippen LogP contribution in [0.2, 0.25) is 0 Å². The zero-order valence-corrected chi connectivity index (χ0v) is 15.2. The fourth-order valence-electron chi connectivity index (χ4n) is 1.79. The van der Waals surface area contributed by atoms with Gasteiger partial charge in [-0.15, -0.1) is 17.4 Å². The molecule has 1 heterocycles. The van der Waals surface area contributed by atoms with Gasteiger partial charge in [-0.2, -0.15) is 30.3 Å². The van der Waals surface area contributed by atoms with Crippen LogP contribution in [0.15, 0.2) is 84.4 Å². The zero-order chi connectivity index (χ0) is 15.6. The van der Waals surface area contributed by atoms with E-state index in [1.54, 1.807) is 11.3 Å². The van der Waals surface area contributed by atoms with E-state index in [1.807, 2.05) is 80.3 Å². The Labute approximate surface area is 152 Å². The summed E-state index contributed by atoms with van der Waals surface area (Å²) in [5.41, 5.74) is 4.23. The Hall–Kier alpha value is -1.87. The molecule has 23 heavy (non-hydrogen) atoms. The van der Waals surface area contributed by atoms with Crippen LogP contribution in [0.4, 0.5) is 5.69 Å². The first-order chi connectivity index (χ1) is 10.8. The molecule has 3 aromatic carbocycles. The monoisotopic (exact) mass is 364 g/mol. The van der Waals surface area contributed by atoms with E-state index < -0.39 is 0 Å². The summed E-state index contributed by atoms with van der Waals surface area (Å²) < 4.78 is 1.26. The standard InChI is InChI=1S/C7H5NS.C7H10N.C5H5.Fe/c1-2-4-7-6(3-1)8-5-9-7;1-8(2)7-5-3-4-6-7;1-2-4-5-3-1;/h1-5H;3-6H,1-2H3;1-5H;/q;2*-1;+2. The van der Waals surface area contributed by atoms with Gasteiger partial charge in [-0.05, 0) is 12.1 Å². The quantitative estimate of drug-likeness (QED) is 0.342. The number of nitrogens with zero attached hydrogens (tertiary/aromatic N) is 2. The van der Waals surface area contributed by atoms with Crippen LogP contribution in [0.5, 0.6) is 0 Å². The molecule has 0 bridgehead atoms. The second-order valence-corrected chi connectivity index (χ2v) is 5.71. The molecular formula is C19H20FeN2S. The molecule has 0 aliphatic heterocycles. The molecule has 4 rings (SSSR count). The number of benzene rings is 1. The van der Waals surface area contributed by atoms with E-state index in [-0.39, 0.29) is 17.1 Å². The SMILES string of the molecule is CN(C)c1ccc[cH-]1.[Fe+2].c1cc[cH-]c1.c1ccc2scnc2c1. The number of fused-ring (bicyclic) bond motifs is 1. The minimum absolute atomic E-state index is 0. The molecule has 0 atom stereocenters. The largest absolute Gasteiger partial charge is 2.00 e. The van der Waals surface area contributed by atoms with Crippen molar-refractivity contribution < 1.29 is 17.1 Å². The maximum absolute atomic E-state index is 4.14. The molecule has 0 aliphatic rings. The number of thiazole rings is 1. The predicted octanol–water partition coefficient (Wildman–Crippen LogP) is 5.17. The summed E-state index contributed by atoms with van der Waals surface area (Å²) in [4.78, 5) is 6.22. The Kier molecular flexibility index (Phi) is 9.00. The summed E-state index contributed by atoms with van der Waals surface area (Å²) >= 11 is 1.68. The molecule has 4 heteroatoms. The van der Waals surface area contributed by atoms with E-state index in [2.05, 4.69) is 28.1 Å². The maximum Gasteiger partial charge on any atom is 2.00 e. The van der Waals surface area contributed by atoms with Crippen LogP contribution in [-0.2, 0) is 17.1 Å². The fourth-order valence-corrected chi connectivity index (χ4v) is 2.46. The summed E-state index contributed by atoms with van der Waals surface area (Å²) in [6.45, 7) is 0. The van der Waals surface area contributed by atoms with Gasteiger partial charge in [0.25, 0.3) is 0 Å². The molecule has 0 radical (unpaired) electrons. The third-order valence-corrected chi connectivity index (χ3v) is 3.76. The van der Waals surface area contributed by atoms with Gasteiger partial charge in [0.1, 0.15) is 0 Å². The molecule has 0 aliphatic carbocycles. The third-order valence-electron chi connectivity index (χ3n) is 2.95. The summed E-state index contributed by atoms with van der Waals surface area (Å²) in [7, 11) is 4.07. The second kappa shape index (κ2) is 10.8. The van der Waals surface area contributed by atoms with E-state index in [1.165, 1.54) is 10.4 Å². The van der Waals surface area contributed by atoms with Crippen molar-refractivity contribution in [2.45, 2.75) is 0 Å². The van der Waals surface area contributed by atoms with Crippen molar-refractivity contribution >= 4 is 27.2 Å². The Balaban J connectivity index is 0.000000175. The predicted molar refractivity (Wildman–Crippen MR) is 98.0 cm³/mol. The van der Waals surface area contributed by atoms with Gasteiger partial charge in [-0.3, -0.25) is 0 Å². The smallest absolute Gasteiger partial charge is 0.400 e. The zero-order valence-electron chi connectivity index (χ0n) is 13.2. The van der Waals surface area contributed by atoms with Crippen LogP contribution in [0.25, 0.3) is 10.2 Å². The first-order valence-electron chi connectivity index (χ1n) is 7.11. The molecular weight excluding hydrogens is 344 g/mol. The van der Waals surface area contributed by atoms with Gasteiger partial charge in [0, 0.05) is 14.1 Å². The van der Waals surface area contributed by atoms with Gasteiger partial charge in [-0.25, -0.2) is 23.2 Å². The Bertz CT molecular complexity index is 680. The van der Waals surface area contributed by atoms with E-state index in [0.717, 1.165) is 5.52 Å². The van der Waals surface area contributed by atoms with Crippen molar-refractivity contribution in [1.29, 1.82) is 0 Å². The average Bonchev–Trinajstić information content (AvgIpc) is 3.30. The van der Waals surface area contributed by atoms with Crippen molar-refractivity contribution in [1.82, 2.24) is 4.98 Å². The first kappa shape index (κ1) is 19.2. The summed E-state index contributed by atoms with van der Waals surface area (Å²) in [5.74, 6) is 0. The second-order valence-electron chi connectivity index (χ2n) is 4.82. The Morgan fingerprint density at radius 1 is 0.913 bits per heavy atom. The van der Waals surface area contributed by atoms with Crippen LogP contribution in [-0.4, -0.2) is 19.1 Å². The van der Waals surface area contributed by atoms with Crippen molar-refractivity contribution in [3.05, 3.63) is 84.4 Å². The summed E-state index contributed by atoms with van der Waals surface area (Å²) in [5, 5.41) is 0. The number of rotatable bonds is 1. The van der Waals surface area contributed by atoms with E-state index in [0.29, 0.717) is 0 Å². The number of anilines is 1. The maximum atomic E-state index is 4.14. The normalized spacial score (nSPS) is 8.96. The molecule has 0 N–H and O–H groups in total. The van der Waals surface area contributed by atoms with E-state index in [4.69, 9.17) is 0 Å². The molecule has 0 spiro atoms. The van der Waals surface area contributed by atoms with Crippen molar-refractivity contribution in [3.63, 3.8) is 0 Å². The first-order valence-corrected chi connectivity index (χ1v) is 7.99. The molecule has 2 nitrogen and oxygen atoms in total. The number of aromatic nitrogens is 1. The summed E-state index contributed by atoms with van der Waals surface area (Å²) in [6, 6.07) is 26.4. The fraction of sp³-hybridized carbons (Fsp3) is 0.105. The minimum Gasteiger partial charge on any atom is -0.400 e. The van der Waals surface area contributed by atoms with Crippen molar-refractivity contribution in [2.75, 3.05) is 19.0 Å². The molecule has 0 unspecified atom stereocenters. The van der Waals surface area contributed by atoms with Gasteiger partial charge < -0.3 is 4.90 Å². The van der Waals surface area contributed by atoms with Gasteiger partial charge in [0.2, 0.25) is 0 Å². The van der Waals surface area contributed by atoms with E-state index in [9.17, 15) is 0 Å². The van der Waals surface area contributed by atoms with Crippen molar-refractivity contribution in [3.8, 4) is 0 Å². The molecule has 0 amide bonds. The van der Waals surface area contributed by atoms with E-state index >= 15 is 0 Å². The number of hydrogen-bond acceptors (Lipinski definition) is 3. The minimum atomic E-state index is 0. The molecule has 120 valence electrons.